The topological polar surface area (TPSA) is 52.7 Å². The zero-order valence-corrected chi connectivity index (χ0v) is 14.9. The Morgan fingerprint density at radius 2 is 1.79 bits per heavy atom. The maximum atomic E-state index is 12.8. The normalized spacial score (nSPS) is 11.9. The number of hydrogen-bond acceptors (Lipinski definition) is 3. The Labute approximate surface area is 162 Å². The number of alkyl halides is 3. The molecule has 2 aliphatic heterocycles. The van der Waals surface area contributed by atoms with Gasteiger partial charge in [0.15, 0.2) is 5.82 Å². The minimum Gasteiger partial charge on any atom is -0.327 e. The molecule has 0 saturated carbocycles. The first-order valence-corrected chi connectivity index (χ1v) is 8.57. The second-order valence-electron chi connectivity index (χ2n) is 6.11. The predicted octanol–water partition coefficient (Wildman–Crippen LogP) is 4.25. The Bertz CT molecular complexity index is 1150. The maximum absolute atomic E-state index is 12.8. The molecular formula is C19H12ClF3N4O. The molecule has 0 unspecified atom stereocenters. The van der Waals surface area contributed by atoms with E-state index in [0.29, 0.717) is 28.9 Å². The van der Waals surface area contributed by atoms with Gasteiger partial charge in [0, 0.05) is 12.4 Å². The average molecular weight is 405 g/mol. The van der Waals surface area contributed by atoms with Crippen molar-refractivity contribution in [1.82, 2.24) is 19.1 Å². The lowest BCUT2D eigenvalue weighted by molar-refractivity contribution is -0.137. The largest absolute Gasteiger partial charge is 0.416 e. The molecule has 3 heterocycles. The van der Waals surface area contributed by atoms with Gasteiger partial charge in [-0.2, -0.15) is 18.2 Å². The lowest BCUT2D eigenvalue weighted by Crippen LogP contribution is -2.15. The van der Waals surface area contributed by atoms with Crippen LogP contribution in [0.3, 0.4) is 0 Å². The molecule has 0 spiro atoms. The Balaban J connectivity index is 1.73. The third-order valence-corrected chi connectivity index (χ3v) is 4.47. The molecule has 142 valence electrons. The summed E-state index contributed by atoms with van der Waals surface area (Å²) in [6.45, 7) is 0.408. The Hall–Kier alpha value is -3.13. The summed E-state index contributed by atoms with van der Waals surface area (Å²) < 4.78 is 41.4. The molecule has 0 amide bonds. The monoisotopic (exact) mass is 404 g/mol. The molecule has 0 fully saturated rings. The fourth-order valence-electron chi connectivity index (χ4n) is 2.94. The van der Waals surface area contributed by atoms with Crippen molar-refractivity contribution in [3.05, 3.63) is 87.7 Å². The number of hydrogen-bond donors (Lipinski definition) is 0. The molecule has 9 heteroatoms. The number of aromatic nitrogens is 4. The van der Waals surface area contributed by atoms with Gasteiger partial charge in [0.05, 0.1) is 23.5 Å². The van der Waals surface area contributed by atoms with Crippen LogP contribution in [0.15, 0.2) is 65.7 Å². The summed E-state index contributed by atoms with van der Waals surface area (Å²) in [6, 6.07) is 11.3. The molecule has 0 atom stereocenters. The van der Waals surface area contributed by atoms with Crippen LogP contribution in [0.25, 0.3) is 17.2 Å². The highest BCUT2D eigenvalue weighted by molar-refractivity contribution is 6.29. The minimum absolute atomic E-state index is 0.311. The van der Waals surface area contributed by atoms with Crippen LogP contribution in [0.2, 0.25) is 5.15 Å². The fraction of sp³-hybridized carbons (Fsp3) is 0.105. The average Bonchev–Trinajstić information content (AvgIpc) is 3.00. The van der Waals surface area contributed by atoms with Crippen LogP contribution in [-0.4, -0.2) is 19.1 Å². The highest BCUT2D eigenvalue weighted by Gasteiger charge is 2.30. The summed E-state index contributed by atoms with van der Waals surface area (Å²) in [5, 5.41) is 0.375. The van der Waals surface area contributed by atoms with E-state index in [1.165, 1.54) is 16.7 Å². The number of pyridine rings is 2. The van der Waals surface area contributed by atoms with Crippen LogP contribution in [0.5, 0.6) is 0 Å². The first-order chi connectivity index (χ1) is 13.3. The maximum Gasteiger partial charge on any atom is 0.416 e. The van der Waals surface area contributed by atoms with Crippen LogP contribution in [-0.2, 0) is 12.7 Å². The molecule has 1 aromatic carbocycles. The van der Waals surface area contributed by atoms with Crippen LogP contribution in [0.4, 0.5) is 13.2 Å². The van der Waals surface area contributed by atoms with E-state index in [0.717, 1.165) is 17.7 Å². The Morgan fingerprint density at radius 3 is 2.43 bits per heavy atom. The summed E-state index contributed by atoms with van der Waals surface area (Å²) in [5.74, 6) is 0.419. The third-order valence-electron chi connectivity index (χ3n) is 4.25. The van der Waals surface area contributed by atoms with Crippen LogP contribution in [0.1, 0.15) is 11.1 Å². The zero-order chi connectivity index (χ0) is 19.9. The van der Waals surface area contributed by atoms with Crippen molar-refractivity contribution in [2.24, 2.45) is 0 Å². The number of fused-ring (bicyclic) bond motifs is 1. The van der Waals surface area contributed by atoms with Gasteiger partial charge >= 0.3 is 11.9 Å². The number of imidazole rings is 1. The second kappa shape index (κ2) is 6.79. The number of benzene rings is 1. The van der Waals surface area contributed by atoms with Crippen molar-refractivity contribution in [2.45, 2.75) is 12.7 Å². The number of halogens is 4. The van der Waals surface area contributed by atoms with Gasteiger partial charge in [-0.1, -0.05) is 17.7 Å². The summed E-state index contributed by atoms with van der Waals surface area (Å²) >= 11 is 5.80. The van der Waals surface area contributed by atoms with Crippen molar-refractivity contribution >= 4 is 11.6 Å². The lowest BCUT2D eigenvalue weighted by atomic mass is 10.2. The molecule has 4 rings (SSSR count). The highest BCUT2D eigenvalue weighted by atomic mass is 35.5. The molecule has 2 aromatic rings. The van der Waals surface area contributed by atoms with E-state index >= 15 is 0 Å². The summed E-state index contributed by atoms with van der Waals surface area (Å²) in [6.07, 6.45) is -1.05. The SMILES string of the molecule is O=c1nc2n(Cc3ccc(Cl)nc3)cccc-2n1-c1ccc(C(F)(F)F)cc1. The van der Waals surface area contributed by atoms with Crippen LogP contribution >= 0.6 is 11.6 Å². The van der Waals surface area contributed by atoms with Gasteiger partial charge in [-0.05, 0) is 48.0 Å². The summed E-state index contributed by atoms with van der Waals surface area (Å²) in [5.41, 5.74) is 0.321. The molecule has 0 bridgehead atoms. The van der Waals surface area contributed by atoms with Crippen molar-refractivity contribution in [1.29, 1.82) is 0 Å². The molecule has 0 radical (unpaired) electrons. The molecule has 1 aromatic heterocycles. The highest BCUT2D eigenvalue weighted by Crippen LogP contribution is 2.30. The molecule has 28 heavy (non-hydrogen) atoms. The van der Waals surface area contributed by atoms with Gasteiger partial charge in [0.1, 0.15) is 5.15 Å². The van der Waals surface area contributed by atoms with Crippen molar-refractivity contribution in [2.75, 3.05) is 0 Å². The first-order valence-electron chi connectivity index (χ1n) is 8.19. The van der Waals surface area contributed by atoms with Crippen molar-refractivity contribution in [3.63, 3.8) is 0 Å². The van der Waals surface area contributed by atoms with Crippen LogP contribution in [0, 0.1) is 0 Å². The van der Waals surface area contributed by atoms with E-state index in [-0.39, 0.29) is 0 Å². The summed E-state index contributed by atoms with van der Waals surface area (Å²) in [7, 11) is 0. The molecular weight excluding hydrogens is 393 g/mol. The van der Waals surface area contributed by atoms with E-state index in [9.17, 15) is 18.0 Å². The van der Waals surface area contributed by atoms with Crippen molar-refractivity contribution < 1.29 is 13.2 Å². The molecule has 0 saturated heterocycles. The molecule has 5 nitrogen and oxygen atoms in total. The second-order valence-corrected chi connectivity index (χ2v) is 6.50. The molecule has 0 N–H and O–H groups in total. The van der Waals surface area contributed by atoms with E-state index in [2.05, 4.69) is 9.97 Å². The Morgan fingerprint density at radius 1 is 1.04 bits per heavy atom. The quantitative estimate of drug-likeness (QED) is 0.479. The van der Waals surface area contributed by atoms with Gasteiger partial charge in [0.25, 0.3) is 0 Å². The number of nitrogens with zero attached hydrogens (tertiary/aromatic N) is 4. The first kappa shape index (κ1) is 18.2. The lowest BCUT2D eigenvalue weighted by Gasteiger charge is -2.13. The van der Waals surface area contributed by atoms with Crippen molar-refractivity contribution in [3.8, 4) is 17.2 Å². The molecule has 2 aliphatic rings. The van der Waals surface area contributed by atoms with Gasteiger partial charge in [-0.15, -0.1) is 0 Å². The smallest absolute Gasteiger partial charge is 0.327 e. The zero-order valence-electron chi connectivity index (χ0n) is 14.2. The fourth-order valence-corrected chi connectivity index (χ4v) is 3.06. The summed E-state index contributed by atoms with van der Waals surface area (Å²) in [4.78, 5) is 20.6. The van der Waals surface area contributed by atoms with Gasteiger partial charge in [-0.25, -0.2) is 9.78 Å². The van der Waals surface area contributed by atoms with Gasteiger partial charge < -0.3 is 4.57 Å². The molecule has 0 aliphatic carbocycles. The van der Waals surface area contributed by atoms with E-state index in [1.54, 1.807) is 35.2 Å². The van der Waals surface area contributed by atoms with E-state index in [4.69, 9.17) is 11.6 Å². The van der Waals surface area contributed by atoms with E-state index < -0.39 is 17.4 Å². The van der Waals surface area contributed by atoms with Gasteiger partial charge in [-0.3, -0.25) is 4.57 Å². The van der Waals surface area contributed by atoms with Crippen LogP contribution < -0.4 is 5.69 Å². The van der Waals surface area contributed by atoms with E-state index in [1.807, 2.05) is 6.07 Å². The van der Waals surface area contributed by atoms with Gasteiger partial charge in [0.2, 0.25) is 0 Å². The number of rotatable bonds is 3. The minimum atomic E-state index is -4.44. The third kappa shape index (κ3) is 3.38. The Kier molecular flexibility index (Phi) is 4.43. The standard InChI is InChI=1S/C19H12ClF3N4O/c20-16-8-3-12(10-24-16)11-26-9-1-2-15-17(26)25-18(28)27(15)14-6-4-13(5-7-14)19(21,22)23/h1-10H,11H2. The predicted molar refractivity (Wildman–Crippen MR) is 97.8 cm³/mol.